The largest absolute Gasteiger partial charge is 0.321 e. The first-order valence-corrected chi connectivity index (χ1v) is 9.78. The second-order valence-electron chi connectivity index (χ2n) is 7.60. The lowest BCUT2D eigenvalue weighted by atomic mass is 9.99. The SMILES string of the molecule is CCc1cccc(C)c1NC(=O)c1ccc(CN2CCCC(C)C2)cc1. The molecular weight excluding hydrogens is 320 g/mol. The van der Waals surface area contributed by atoms with Gasteiger partial charge in [0, 0.05) is 24.3 Å². The Bertz CT molecular complexity index is 751. The van der Waals surface area contributed by atoms with Crippen molar-refractivity contribution in [3.8, 4) is 0 Å². The number of para-hydroxylation sites is 1. The summed E-state index contributed by atoms with van der Waals surface area (Å²) < 4.78 is 0. The lowest BCUT2D eigenvalue weighted by molar-refractivity contribution is 0.102. The number of aryl methyl sites for hydroxylation is 2. The highest BCUT2D eigenvalue weighted by molar-refractivity contribution is 6.05. The maximum Gasteiger partial charge on any atom is 0.255 e. The number of likely N-dealkylation sites (tertiary alicyclic amines) is 1. The van der Waals surface area contributed by atoms with Gasteiger partial charge >= 0.3 is 0 Å². The summed E-state index contributed by atoms with van der Waals surface area (Å²) in [6.07, 6.45) is 3.54. The zero-order valence-corrected chi connectivity index (χ0v) is 16.2. The molecule has 0 aliphatic carbocycles. The Balaban J connectivity index is 1.66. The molecule has 3 nitrogen and oxygen atoms in total. The molecule has 1 saturated heterocycles. The van der Waals surface area contributed by atoms with Gasteiger partial charge in [0.1, 0.15) is 0 Å². The van der Waals surface area contributed by atoms with Crippen LogP contribution >= 0.6 is 0 Å². The molecule has 26 heavy (non-hydrogen) atoms. The molecule has 1 N–H and O–H groups in total. The van der Waals surface area contributed by atoms with Gasteiger partial charge in [0.2, 0.25) is 0 Å². The Morgan fingerprint density at radius 1 is 1.19 bits per heavy atom. The van der Waals surface area contributed by atoms with Crippen molar-refractivity contribution in [1.29, 1.82) is 0 Å². The number of benzene rings is 2. The summed E-state index contributed by atoms with van der Waals surface area (Å²) in [5.74, 6) is 0.753. The topological polar surface area (TPSA) is 32.3 Å². The van der Waals surface area contributed by atoms with Crippen LogP contribution in [0.2, 0.25) is 0 Å². The van der Waals surface area contributed by atoms with E-state index in [1.54, 1.807) is 0 Å². The molecule has 3 heteroatoms. The van der Waals surface area contributed by atoms with Crippen LogP contribution in [0.4, 0.5) is 5.69 Å². The number of hydrogen-bond donors (Lipinski definition) is 1. The van der Waals surface area contributed by atoms with Crippen molar-refractivity contribution in [3.63, 3.8) is 0 Å². The molecule has 1 fully saturated rings. The fraction of sp³-hybridized carbons (Fsp3) is 0.435. The summed E-state index contributed by atoms with van der Waals surface area (Å²) in [5, 5.41) is 3.10. The Labute approximate surface area is 157 Å². The molecule has 138 valence electrons. The van der Waals surface area contributed by atoms with Gasteiger partial charge in [-0.05, 0) is 67.5 Å². The molecular formula is C23H30N2O. The zero-order valence-electron chi connectivity index (χ0n) is 16.2. The van der Waals surface area contributed by atoms with Crippen LogP contribution in [0.3, 0.4) is 0 Å². The van der Waals surface area contributed by atoms with Gasteiger partial charge in [-0.3, -0.25) is 9.69 Å². The van der Waals surface area contributed by atoms with Crippen molar-refractivity contribution >= 4 is 11.6 Å². The molecule has 3 rings (SSSR count). The van der Waals surface area contributed by atoms with Gasteiger partial charge in [-0.1, -0.05) is 44.2 Å². The first kappa shape index (κ1) is 18.7. The smallest absolute Gasteiger partial charge is 0.255 e. The molecule has 0 saturated carbocycles. The van der Waals surface area contributed by atoms with E-state index in [1.807, 2.05) is 31.2 Å². The zero-order chi connectivity index (χ0) is 18.5. The van der Waals surface area contributed by atoms with Crippen molar-refractivity contribution in [2.75, 3.05) is 18.4 Å². The molecule has 1 atom stereocenters. The minimum atomic E-state index is -0.0351. The van der Waals surface area contributed by atoms with Gasteiger partial charge < -0.3 is 5.32 Å². The molecule has 1 unspecified atom stereocenters. The molecule has 1 heterocycles. The maximum absolute atomic E-state index is 12.7. The predicted octanol–water partition coefficient (Wildman–Crippen LogP) is 5.04. The number of nitrogens with one attached hydrogen (secondary N) is 1. The third-order valence-electron chi connectivity index (χ3n) is 5.34. The molecule has 0 bridgehead atoms. The highest BCUT2D eigenvalue weighted by Crippen LogP contribution is 2.22. The maximum atomic E-state index is 12.7. The molecule has 0 spiro atoms. The molecule has 0 radical (unpaired) electrons. The minimum absolute atomic E-state index is 0.0351. The van der Waals surface area contributed by atoms with E-state index in [9.17, 15) is 4.79 Å². The number of hydrogen-bond acceptors (Lipinski definition) is 2. The van der Waals surface area contributed by atoms with E-state index in [0.717, 1.165) is 30.1 Å². The summed E-state index contributed by atoms with van der Waals surface area (Å²) >= 11 is 0. The van der Waals surface area contributed by atoms with Crippen LogP contribution in [0, 0.1) is 12.8 Å². The second-order valence-corrected chi connectivity index (χ2v) is 7.60. The first-order valence-electron chi connectivity index (χ1n) is 9.78. The summed E-state index contributed by atoms with van der Waals surface area (Å²) in [5.41, 5.74) is 5.22. The molecule has 2 aromatic rings. The molecule has 2 aromatic carbocycles. The monoisotopic (exact) mass is 350 g/mol. The number of carbonyl (C=O) groups excluding carboxylic acids is 1. The van der Waals surface area contributed by atoms with E-state index < -0.39 is 0 Å². The van der Waals surface area contributed by atoms with Gasteiger partial charge in [-0.25, -0.2) is 0 Å². The van der Waals surface area contributed by atoms with Crippen molar-refractivity contribution in [1.82, 2.24) is 4.90 Å². The van der Waals surface area contributed by atoms with E-state index in [-0.39, 0.29) is 5.91 Å². The number of anilines is 1. The lowest BCUT2D eigenvalue weighted by Crippen LogP contribution is -2.33. The van der Waals surface area contributed by atoms with Crippen molar-refractivity contribution in [3.05, 3.63) is 64.7 Å². The molecule has 1 aliphatic heterocycles. The molecule has 0 aromatic heterocycles. The van der Waals surface area contributed by atoms with Crippen LogP contribution in [-0.2, 0) is 13.0 Å². The van der Waals surface area contributed by atoms with Crippen LogP contribution in [-0.4, -0.2) is 23.9 Å². The van der Waals surface area contributed by atoms with E-state index in [1.165, 1.54) is 37.1 Å². The van der Waals surface area contributed by atoms with Crippen molar-refractivity contribution in [2.45, 2.75) is 46.6 Å². The predicted molar refractivity (Wildman–Crippen MR) is 109 cm³/mol. The van der Waals surface area contributed by atoms with E-state index in [0.29, 0.717) is 5.56 Å². The minimum Gasteiger partial charge on any atom is -0.321 e. The number of nitrogens with zero attached hydrogens (tertiary/aromatic N) is 1. The normalized spacial score (nSPS) is 17.9. The fourth-order valence-corrected chi connectivity index (χ4v) is 3.84. The van der Waals surface area contributed by atoms with E-state index in [4.69, 9.17) is 0 Å². The van der Waals surface area contributed by atoms with Gasteiger partial charge in [0.05, 0.1) is 0 Å². The summed E-state index contributed by atoms with van der Waals surface area (Å²) in [6, 6.07) is 14.2. The van der Waals surface area contributed by atoms with Crippen LogP contribution in [0.15, 0.2) is 42.5 Å². The number of rotatable bonds is 5. The van der Waals surface area contributed by atoms with Crippen molar-refractivity contribution < 1.29 is 4.79 Å². The first-order chi connectivity index (χ1) is 12.6. The number of carbonyl (C=O) groups is 1. The Hall–Kier alpha value is -2.13. The Morgan fingerprint density at radius 3 is 2.65 bits per heavy atom. The quantitative estimate of drug-likeness (QED) is 0.819. The third kappa shape index (κ3) is 4.53. The van der Waals surface area contributed by atoms with Gasteiger partial charge in [0.15, 0.2) is 0 Å². The van der Waals surface area contributed by atoms with E-state index in [2.05, 4.69) is 42.3 Å². The van der Waals surface area contributed by atoms with Gasteiger partial charge in [0.25, 0.3) is 5.91 Å². The molecule has 1 amide bonds. The number of piperidine rings is 1. The van der Waals surface area contributed by atoms with Crippen LogP contribution in [0.25, 0.3) is 0 Å². The highest BCUT2D eigenvalue weighted by Gasteiger charge is 2.16. The average Bonchev–Trinajstić information content (AvgIpc) is 2.64. The summed E-state index contributed by atoms with van der Waals surface area (Å²) in [6.45, 7) is 9.81. The van der Waals surface area contributed by atoms with E-state index >= 15 is 0 Å². The van der Waals surface area contributed by atoms with Gasteiger partial charge in [-0.2, -0.15) is 0 Å². The van der Waals surface area contributed by atoms with Crippen LogP contribution < -0.4 is 5.32 Å². The van der Waals surface area contributed by atoms with Crippen LogP contribution in [0.1, 0.15) is 53.7 Å². The third-order valence-corrected chi connectivity index (χ3v) is 5.34. The molecule has 1 aliphatic rings. The van der Waals surface area contributed by atoms with Gasteiger partial charge in [-0.15, -0.1) is 0 Å². The van der Waals surface area contributed by atoms with Crippen molar-refractivity contribution in [2.24, 2.45) is 5.92 Å². The fourth-order valence-electron chi connectivity index (χ4n) is 3.84. The lowest BCUT2D eigenvalue weighted by Gasteiger charge is -2.30. The highest BCUT2D eigenvalue weighted by atomic mass is 16.1. The van der Waals surface area contributed by atoms with Crippen LogP contribution in [0.5, 0.6) is 0 Å². The number of amides is 1. The summed E-state index contributed by atoms with van der Waals surface area (Å²) in [4.78, 5) is 15.2. The second kappa shape index (κ2) is 8.50. The standard InChI is InChI=1S/C23H30N2O/c1-4-20-9-5-8-18(3)22(20)24-23(26)21-12-10-19(11-13-21)16-25-14-6-7-17(2)15-25/h5,8-13,17H,4,6-7,14-16H2,1-3H3,(H,24,26). The average molecular weight is 351 g/mol. The Kier molecular flexibility index (Phi) is 6.10. The summed E-state index contributed by atoms with van der Waals surface area (Å²) in [7, 11) is 0. The Morgan fingerprint density at radius 2 is 1.96 bits per heavy atom.